The van der Waals surface area contributed by atoms with Crippen molar-refractivity contribution in [1.29, 1.82) is 0 Å². The van der Waals surface area contributed by atoms with Crippen molar-refractivity contribution in [3.05, 3.63) is 53.9 Å². The van der Waals surface area contributed by atoms with E-state index < -0.39 is 0 Å². The number of amides is 2. The van der Waals surface area contributed by atoms with Gasteiger partial charge < -0.3 is 20.1 Å². The summed E-state index contributed by atoms with van der Waals surface area (Å²) in [5, 5.41) is 5.59. The van der Waals surface area contributed by atoms with Gasteiger partial charge in [-0.15, -0.1) is 0 Å². The number of pyridine rings is 1. The molecule has 7 heteroatoms. The van der Waals surface area contributed by atoms with Gasteiger partial charge in [0.15, 0.2) is 0 Å². The Bertz CT molecular complexity index is 762. The minimum Gasteiger partial charge on any atom is -0.497 e. The predicted octanol–water partition coefficient (Wildman–Crippen LogP) is 2.43. The summed E-state index contributed by atoms with van der Waals surface area (Å²) in [6.07, 6.45) is 2.28. The highest BCUT2D eigenvalue weighted by molar-refractivity contribution is 5.98. The third-order valence-corrected chi connectivity index (χ3v) is 3.96. The second kappa shape index (κ2) is 10.2. The topological polar surface area (TPSA) is 89.6 Å². The summed E-state index contributed by atoms with van der Waals surface area (Å²) in [4.78, 5) is 28.4. The lowest BCUT2D eigenvalue weighted by atomic mass is 10.2. The molecule has 1 aromatic heterocycles. The Morgan fingerprint density at radius 2 is 1.81 bits per heavy atom. The molecule has 2 rings (SSSR count). The Hall–Kier alpha value is -3.09. The smallest absolute Gasteiger partial charge is 0.270 e. The molecule has 0 spiro atoms. The maximum Gasteiger partial charge on any atom is 0.270 e. The van der Waals surface area contributed by atoms with Crippen LogP contribution in [0.2, 0.25) is 0 Å². The Balaban J connectivity index is 1.83. The average molecular weight is 371 g/mol. The highest BCUT2D eigenvalue weighted by Crippen LogP contribution is 2.16. The van der Waals surface area contributed by atoms with Crippen molar-refractivity contribution in [1.82, 2.24) is 15.6 Å². The number of nitrogens with one attached hydrogen (secondary N) is 2. The van der Waals surface area contributed by atoms with E-state index in [1.165, 1.54) is 12.3 Å². The molecule has 1 atom stereocenters. The second-order valence-electron chi connectivity index (χ2n) is 5.99. The third-order valence-electron chi connectivity index (χ3n) is 3.96. The van der Waals surface area contributed by atoms with Crippen molar-refractivity contribution in [3.63, 3.8) is 0 Å². The standard InChI is InChI=1S/C20H25N3O4/c1-4-14(2)23-19(24)15-9-10-21-18(13-15)20(25)22-11-12-27-17-7-5-16(26-3)6-8-17/h5-10,13-14H,4,11-12H2,1-3H3,(H,22,25)(H,23,24). The zero-order chi connectivity index (χ0) is 19.6. The molecular weight excluding hydrogens is 346 g/mol. The number of methoxy groups -OCH3 is 1. The molecule has 1 aromatic carbocycles. The van der Waals surface area contributed by atoms with Gasteiger partial charge in [0.05, 0.1) is 13.7 Å². The Kier molecular flexibility index (Phi) is 7.61. The van der Waals surface area contributed by atoms with Crippen LogP contribution in [0.3, 0.4) is 0 Å². The molecule has 0 saturated heterocycles. The van der Waals surface area contributed by atoms with Crippen LogP contribution in [0.15, 0.2) is 42.6 Å². The summed E-state index contributed by atoms with van der Waals surface area (Å²) in [6.45, 7) is 4.54. The number of hydrogen-bond donors (Lipinski definition) is 2. The van der Waals surface area contributed by atoms with Crippen LogP contribution < -0.4 is 20.1 Å². The largest absolute Gasteiger partial charge is 0.497 e. The molecule has 2 aromatic rings. The van der Waals surface area contributed by atoms with Crippen LogP contribution in [0.4, 0.5) is 0 Å². The maximum atomic E-state index is 12.2. The first-order valence-corrected chi connectivity index (χ1v) is 8.85. The summed E-state index contributed by atoms with van der Waals surface area (Å²) in [7, 11) is 1.60. The van der Waals surface area contributed by atoms with Gasteiger partial charge in [0.25, 0.3) is 11.8 Å². The van der Waals surface area contributed by atoms with Crippen molar-refractivity contribution in [3.8, 4) is 11.5 Å². The molecule has 2 N–H and O–H groups in total. The molecule has 0 fully saturated rings. The van der Waals surface area contributed by atoms with Gasteiger partial charge in [-0.3, -0.25) is 14.6 Å². The molecule has 2 amide bonds. The molecule has 0 saturated carbocycles. The molecule has 27 heavy (non-hydrogen) atoms. The van der Waals surface area contributed by atoms with Crippen LogP contribution in [0.1, 0.15) is 41.1 Å². The van der Waals surface area contributed by atoms with E-state index in [-0.39, 0.29) is 23.6 Å². The highest BCUT2D eigenvalue weighted by Gasteiger charge is 2.13. The van der Waals surface area contributed by atoms with Gasteiger partial charge in [0.1, 0.15) is 23.8 Å². The molecule has 0 aliphatic heterocycles. The zero-order valence-corrected chi connectivity index (χ0v) is 15.8. The van der Waals surface area contributed by atoms with Crippen LogP contribution in [-0.2, 0) is 0 Å². The van der Waals surface area contributed by atoms with E-state index in [0.717, 1.165) is 12.2 Å². The molecule has 144 valence electrons. The highest BCUT2D eigenvalue weighted by atomic mass is 16.5. The summed E-state index contributed by atoms with van der Waals surface area (Å²) in [6, 6.07) is 10.3. The van der Waals surface area contributed by atoms with Crippen molar-refractivity contribution < 1.29 is 19.1 Å². The van der Waals surface area contributed by atoms with Crippen LogP contribution >= 0.6 is 0 Å². The van der Waals surface area contributed by atoms with Gasteiger partial charge in [-0.2, -0.15) is 0 Å². The number of benzene rings is 1. The molecule has 0 bridgehead atoms. The van der Waals surface area contributed by atoms with Gasteiger partial charge in [-0.1, -0.05) is 6.92 Å². The molecule has 0 radical (unpaired) electrons. The van der Waals surface area contributed by atoms with Crippen LogP contribution in [0.25, 0.3) is 0 Å². The van der Waals surface area contributed by atoms with E-state index in [9.17, 15) is 9.59 Å². The van der Waals surface area contributed by atoms with Gasteiger partial charge in [0, 0.05) is 17.8 Å². The van der Waals surface area contributed by atoms with E-state index in [4.69, 9.17) is 9.47 Å². The number of nitrogens with zero attached hydrogens (tertiary/aromatic N) is 1. The SMILES string of the molecule is CCC(C)NC(=O)c1ccnc(C(=O)NCCOc2ccc(OC)cc2)c1. The fourth-order valence-electron chi connectivity index (χ4n) is 2.20. The minimum atomic E-state index is -0.355. The minimum absolute atomic E-state index is 0.0676. The Labute approximate surface area is 159 Å². The Morgan fingerprint density at radius 3 is 2.48 bits per heavy atom. The fraction of sp³-hybridized carbons (Fsp3) is 0.350. The number of rotatable bonds is 9. The van der Waals surface area contributed by atoms with Crippen LogP contribution in [0.5, 0.6) is 11.5 Å². The van der Waals surface area contributed by atoms with Crippen LogP contribution in [-0.4, -0.2) is 43.1 Å². The average Bonchev–Trinajstić information content (AvgIpc) is 2.71. The monoisotopic (exact) mass is 371 g/mol. The fourth-order valence-corrected chi connectivity index (χ4v) is 2.20. The lowest BCUT2D eigenvalue weighted by Gasteiger charge is -2.12. The lowest BCUT2D eigenvalue weighted by molar-refractivity contribution is 0.0939. The number of carbonyl (C=O) groups excluding carboxylic acids is 2. The van der Waals surface area contributed by atoms with Gasteiger partial charge in [0.2, 0.25) is 0 Å². The van der Waals surface area contributed by atoms with E-state index in [0.29, 0.717) is 24.5 Å². The Morgan fingerprint density at radius 1 is 1.11 bits per heavy atom. The van der Waals surface area contributed by atoms with E-state index in [1.807, 2.05) is 13.8 Å². The number of hydrogen-bond acceptors (Lipinski definition) is 5. The van der Waals surface area contributed by atoms with Gasteiger partial charge >= 0.3 is 0 Å². The zero-order valence-electron chi connectivity index (χ0n) is 15.8. The predicted molar refractivity (Wildman–Crippen MR) is 102 cm³/mol. The lowest BCUT2D eigenvalue weighted by Crippen LogP contribution is -2.32. The number of ether oxygens (including phenoxy) is 2. The van der Waals surface area contributed by atoms with E-state index >= 15 is 0 Å². The maximum absolute atomic E-state index is 12.2. The summed E-state index contributed by atoms with van der Waals surface area (Å²) in [5.74, 6) is 0.862. The number of aromatic nitrogens is 1. The van der Waals surface area contributed by atoms with Crippen LogP contribution in [0, 0.1) is 0 Å². The molecule has 1 heterocycles. The second-order valence-corrected chi connectivity index (χ2v) is 5.99. The van der Waals surface area contributed by atoms with Crippen molar-refractivity contribution in [2.24, 2.45) is 0 Å². The summed E-state index contributed by atoms with van der Waals surface area (Å²) in [5.41, 5.74) is 0.598. The first-order chi connectivity index (χ1) is 13.0. The molecule has 0 aliphatic carbocycles. The van der Waals surface area contributed by atoms with Gasteiger partial charge in [-0.25, -0.2) is 0 Å². The summed E-state index contributed by atoms with van der Waals surface area (Å²) < 4.78 is 10.6. The quantitative estimate of drug-likeness (QED) is 0.661. The molecule has 7 nitrogen and oxygen atoms in total. The molecular formula is C20H25N3O4. The van der Waals surface area contributed by atoms with Crippen molar-refractivity contribution >= 4 is 11.8 Å². The van der Waals surface area contributed by atoms with Gasteiger partial charge in [-0.05, 0) is 49.7 Å². The van der Waals surface area contributed by atoms with E-state index in [2.05, 4.69) is 15.6 Å². The number of carbonyl (C=O) groups is 2. The third kappa shape index (κ3) is 6.29. The summed E-state index contributed by atoms with van der Waals surface area (Å²) >= 11 is 0. The first-order valence-electron chi connectivity index (χ1n) is 8.85. The first kappa shape index (κ1) is 20.2. The van der Waals surface area contributed by atoms with Crippen molar-refractivity contribution in [2.75, 3.05) is 20.3 Å². The van der Waals surface area contributed by atoms with E-state index in [1.54, 1.807) is 37.4 Å². The normalized spacial score (nSPS) is 11.4. The molecule has 0 aliphatic rings. The van der Waals surface area contributed by atoms with Crippen molar-refractivity contribution in [2.45, 2.75) is 26.3 Å². The molecule has 1 unspecified atom stereocenters.